The molecule has 0 aliphatic carbocycles. The second-order valence-electron chi connectivity index (χ2n) is 5.04. The van der Waals surface area contributed by atoms with Crippen LogP contribution in [0.1, 0.15) is 25.8 Å². The second-order valence-corrected chi connectivity index (χ2v) is 5.04. The van der Waals surface area contributed by atoms with Crippen molar-refractivity contribution in [2.24, 2.45) is 5.41 Å². The Morgan fingerprint density at radius 2 is 1.95 bits per heavy atom. The quantitative estimate of drug-likeness (QED) is 0.756. The fraction of sp³-hybridized carbons (Fsp3) is 0.375. The molecule has 0 bridgehead atoms. The Labute approximate surface area is 124 Å². The zero-order valence-corrected chi connectivity index (χ0v) is 12.6. The van der Waals surface area contributed by atoms with Gasteiger partial charge in [-0.2, -0.15) is 0 Å². The molecule has 5 heteroatoms. The van der Waals surface area contributed by atoms with Gasteiger partial charge in [0.05, 0.1) is 12.5 Å². The van der Waals surface area contributed by atoms with Crippen LogP contribution in [0.2, 0.25) is 0 Å². The van der Waals surface area contributed by atoms with Gasteiger partial charge in [-0.15, -0.1) is 0 Å². The van der Waals surface area contributed by atoms with Crippen LogP contribution in [0, 0.1) is 5.41 Å². The topological polar surface area (TPSA) is 75.6 Å². The van der Waals surface area contributed by atoms with Crippen molar-refractivity contribution >= 4 is 18.0 Å². The third kappa shape index (κ3) is 4.95. The molecule has 0 radical (unpaired) electrons. The first-order valence-electron chi connectivity index (χ1n) is 6.74. The Morgan fingerprint density at radius 3 is 2.43 bits per heavy atom. The van der Waals surface area contributed by atoms with Gasteiger partial charge in [0.1, 0.15) is 5.75 Å². The maximum Gasteiger partial charge on any atom is 0.311 e. The molecule has 1 aromatic carbocycles. The molecule has 0 fully saturated rings. The van der Waals surface area contributed by atoms with Crippen molar-refractivity contribution in [1.29, 1.82) is 0 Å². The Morgan fingerprint density at radius 1 is 1.33 bits per heavy atom. The minimum absolute atomic E-state index is 0.102. The van der Waals surface area contributed by atoms with Crippen LogP contribution in [0.15, 0.2) is 30.3 Å². The van der Waals surface area contributed by atoms with Crippen LogP contribution in [0.25, 0.3) is 6.08 Å². The molecule has 114 valence electrons. The fourth-order valence-corrected chi connectivity index (χ4v) is 1.58. The number of amides is 1. The number of benzene rings is 1. The van der Waals surface area contributed by atoms with Crippen LogP contribution in [-0.4, -0.2) is 30.6 Å². The number of rotatable bonds is 7. The van der Waals surface area contributed by atoms with Crippen molar-refractivity contribution in [2.45, 2.75) is 20.3 Å². The first-order chi connectivity index (χ1) is 9.91. The van der Waals surface area contributed by atoms with Gasteiger partial charge in [-0.3, -0.25) is 9.59 Å². The predicted octanol–water partition coefficient (Wildman–Crippen LogP) is 2.33. The number of hydrogen-bond acceptors (Lipinski definition) is 3. The average Bonchev–Trinajstić information content (AvgIpc) is 2.50. The van der Waals surface area contributed by atoms with Crippen LogP contribution in [-0.2, 0) is 9.59 Å². The van der Waals surface area contributed by atoms with E-state index in [1.165, 1.54) is 6.08 Å². The molecule has 1 aromatic rings. The molecule has 2 N–H and O–H groups in total. The third-order valence-corrected chi connectivity index (χ3v) is 3.49. The van der Waals surface area contributed by atoms with Crippen molar-refractivity contribution in [3.63, 3.8) is 0 Å². The van der Waals surface area contributed by atoms with Crippen LogP contribution in [0.4, 0.5) is 0 Å². The van der Waals surface area contributed by atoms with Gasteiger partial charge in [0.15, 0.2) is 0 Å². The maximum absolute atomic E-state index is 11.7. The molecule has 1 rings (SSSR count). The molecule has 0 aromatic heterocycles. The summed E-state index contributed by atoms with van der Waals surface area (Å²) in [4.78, 5) is 22.8. The molecule has 0 saturated carbocycles. The highest BCUT2D eigenvalue weighted by atomic mass is 16.5. The van der Waals surface area contributed by atoms with E-state index in [1.54, 1.807) is 39.2 Å². The van der Waals surface area contributed by atoms with E-state index in [-0.39, 0.29) is 12.5 Å². The Bertz CT molecular complexity index is 522. The van der Waals surface area contributed by atoms with E-state index in [0.717, 1.165) is 11.3 Å². The van der Waals surface area contributed by atoms with Gasteiger partial charge >= 0.3 is 5.97 Å². The van der Waals surface area contributed by atoms with Crippen LogP contribution >= 0.6 is 0 Å². The molecule has 5 nitrogen and oxygen atoms in total. The normalized spacial score (nSPS) is 13.7. The van der Waals surface area contributed by atoms with E-state index in [9.17, 15) is 9.59 Å². The zero-order chi connectivity index (χ0) is 15.9. The zero-order valence-electron chi connectivity index (χ0n) is 12.6. The van der Waals surface area contributed by atoms with Crippen LogP contribution in [0.3, 0.4) is 0 Å². The summed E-state index contributed by atoms with van der Waals surface area (Å²) in [6.45, 7) is 3.50. The van der Waals surface area contributed by atoms with Crippen LogP contribution in [0.5, 0.6) is 5.75 Å². The molecular weight excluding hydrogens is 270 g/mol. The molecule has 0 aliphatic heterocycles. The lowest BCUT2D eigenvalue weighted by Gasteiger charge is -2.22. The number of methoxy groups -OCH3 is 1. The summed E-state index contributed by atoms with van der Waals surface area (Å²) in [7, 11) is 1.59. The van der Waals surface area contributed by atoms with Gasteiger partial charge in [0.2, 0.25) is 5.91 Å². The lowest BCUT2D eigenvalue weighted by atomic mass is 9.88. The number of carbonyl (C=O) groups is 2. The molecule has 1 amide bonds. The van der Waals surface area contributed by atoms with Crippen molar-refractivity contribution in [1.82, 2.24) is 5.32 Å². The minimum atomic E-state index is -0.941. The van der Waals surface area contributed by atoms with E-state index in [4.69, 9.17) is 9.84 Å². The van der Waals surface area contributed by atoms with Crippen molar-refractivity contribution in [2.75, 3.05) is 13.7 Å². The summed E-state index contributed by atoms with van der Waals surface area (Å²) in [6, 6.07) is 7.26. The van der Waals surface area contributed by atoms with Crippen molar-refractivity contribution in [3.05, 3.63) is 35.9 Å². The summed E-state index contributed by atoms with van der Waals surface area (Å²) in [5.41, 5.74) is -0.0775. The van der Waals surface area contributed by atoms with Crippen molar-refractivity contribution < 1.29 is 19.4 Å². The number of aliphatic carboxylic acids is 1. The summed E-state index contributed by atoms with van der Waals surface area (Å²) >= 11 is 0. The van der Waals surface area contributed by atoms with E-state index in [2.05, 4.69) is 5.32 Å². The van der Waals surface area contributed by atoms with Gasteiger partial charge in [-0.25, -0.2) is 0 Å². The summed E-state index contributed by atoms with van der Waals surface area (Å²) in [5.74, 6) is -0.479. The highest BCUT2D eigenvalue weighted by molar-refractivity contribution is 5.92. The summed E-state index contributed by atoms with van der Waals surface area (Å²) in [5, 5.41) is 11.7. The largest absolute Gasteiger partial charge is 0.497 e. The maximum atomic E-state index is 11.7. The van der Waals surface area contributed by atoms with E-state index in [1.807, 2.05) is 12.1 Å². The first-order valence-corrected chi connectivity index (χ1v) is 6.74. The Hall–Kier alpha value is -2.30. The molecule has 0 saturated heterocycles. The SMILES string of the molecule is CCC(C)(CNC(=O)/C=C/c1ccc(OC)cc1)C(=O)O. The van der Waals surface area contributed by atoms with Gasteiger partial charge in [-0.05, 0) is 37.1 Å². The van der Waals surface area contributed by atoms with Gasteiger partial charge in [-0.1, -0.05) is 19.1 Å². The molecular formula is C16H21NO4. The third-order valence-electron chi connectivity index (χ3n) is 3.49. The Balaban J connectivity index is 2.56. The molecule has 1 unspecified atom stereocenters. The molecule has 0 aliphatic rings. The molecule has 21 heavy (non-hydrogen) atoms. The first kappa shape index (κ1) is 16.8. The number of hydrogen-bond donors (Lipinski definition) is 2. The monoisotopic (exact) mass is 291 g/mol. The number of carboxylic acid groups (broad SMARTS) is 1. The summed E-state index contributed by atoms with van der Waals surface area (Å²) in [6.07, 6.45) is 3.50. The highest BCUT2D eigenvalue weighted by Gasteiger charge is 2.31. The summed E-state index contributed by atoms with van der Waals surface area (Å²) < 4.78 is 5.05. The number of ether oxygens (including phenoxy) is 1. The highest BCUT2D eigenvalue weighted by Crippen LogP contribution is 2.19. The van der Waals surface area contributed by atoms with E-state index < -0.39 is 11.4 Å². The smallest absolute Gasteiger partial charge is 0.311 e. The van der Waals surface area contributed by atoms with Gasteiger partial charge in [0, 0.05) is 12.6 Å². The fourth-order valence-electron chi connectivity index (χ4n) is 1.58. The van der Waals surface area contributed by atoms with Crippen molar-refractivity contribution in [3.8, 4) is 5.75 Å². The number of carboxylic acids is 1. The number of carbonyl (C=O) groups excluding carboxylic acids is 1. The predicted molar refractivity (Wildman–Crippen MR) is 81.1 cm³/mol. The van der Waals surface area contributed by atoms with E-state index in [0.29, 0.717) is 6.42 Å². The Kier molecular flexibility index (Phi) is 5.96. The molecule has 0 heterocycles. The second kappa shape index (κ2) is 7.47. The van der Waals surface area contributed by atoms with Gasteiger partial charge < -0.3 is 15.2 Å². The number of nitrogens with one attached hydrogen (secondary N) is 1. The average molecular weight is 291 g/mol. The molecule has 0 spiro atoms. The van der Waals surface area contributed by atoms with Crippen LogP contribution < -0.4 is 10.1 Å². The minimum Gasteiger partial charge on any atom is -0.497 e. The lowest BCUT2D eigenvalue weighted by Crippen LogP contribution is -2.40. The lowest BCUT2D eigenvalue weighted by molar-refractivity contribution is -0.148. The van der Waals surface area contributed by atoms with E-state index >= 15 is 0 Å². The van der Waals surface area contributed by atoms with Gasteiger partial charge in [0.25, 0.3) is 0 Å². The molecule has 1 atom stereocenters. The standard InChI is InChI=1S/C16H21NO4/c1-4-16(2,15(19)20)11-17-14(18)10-7-12-5-8-13(21-3)9-6-12/h5-10H,4,11H2,1-3H3,(H,17,18)(H,19,20)/b10-7+.